The minimum Gasteiger partial charge on any atom is -0.354 e. The van der Waals surface area contributed by atoms with Gasteiger partial charge in [0.15, 0.2) is 0 Å². The van der Waals surface area contributed by atoms with Gasteiger partial charge in [0.05, 0.1) is 24.0 Å². The van der Waals surface area contributed by atoms with Gasteiger partial charge < -0.3 is 9.80 Å². The van der Waals surface area contributed by atoms with Crippen LogP contribution in [0.25, 0.3) is 0 Å². The zero-order chi connectivity index (χ0) is 14.1. The van der Waals surface area contributed by atoms with Crippen molar-refractivity contribution in [1.29, 1.82) is 0 Å². The average Bonchev–Trinajstić information content (AvgIpc) is 2.51. The fourth-order valence-electron chi connectivity index (χ4n) is 2.72. The molecule has 0 bridgehead atoms. The van der Waals surface area contributed by atoms with Crippen molar-refractivity contribution in [2.24, 2.45) is 0 Å². The number of anilines is 2. The molecule has 2 aromatic carbocycles. The van der Waals surface area contributed by atoms with E-state index in [4.69, 9.17) is 0 Å². The first-order chi connectivity index (χ1) is 9.68. The number of benzene rings is 2. The Labute approximate surface area is 119 Å². The number of nitrogens with zero attached hydrogens (tertiary/aromatic N) is 2. The molecule has 1 atom stereocenters. The van der Waals surface area contributed by atoms with Gasteiger partial charge in [0.2, 0.25) is 5.91 Å². The Hall–Kier alpha value is -2.29. The van der Waals surface area contributed by atoms with Crippen molar-refractivity contribution in [1.82, 2.24) is 0 Å². The minimum atomic E-state index is 0.131. The van der Waals surface area contributed by atoms with Gasteiger partial charge in [-0.2, -0.15) is 0 Å². The Morgan fingerprint density at radius 1 is 0.950 bits per heavy atom. The van der Waals surface area contributed by atoms with Crippen LogP contribution >= 0.6 is 0 Å². The molecular weight excluding hydrogens is 248 g/mol. The molecule has 0 saturated heterocycles. The fourth-order valence-corrected chi connectivity index (χ4v) is 2.72. The lowest BCUT2D eigenvalue weighted by Crippen LogP contribution is -2.44. The second-order valence-electron chi connectivity index (χ2n) is 5.16. The number of hydrogen-bond donors (Lipinski definition) is 0. The Morgan fingerprint density at radius 3 is 2.25 bits per heavy atom. The largest absolute Gasteiger partial charge is 0.354 e. The maximum Gasteiger partial charge on any atom is 0.246 e. The molecule has 1 amide bonds. The molecule has 0 N–H and O–H groups in total. The first kappa shape index (κ1) is 12.7. The lowest BCUT2D eigenvalue weighted by atomic mass is 10.0. The lowest BCUT2D eigenvalue weighted by molar-refractivity contribution is -0.117. The summed E-state index contributed by atoms with van der Waals surface area (Å²) in [5.41, 5.74) is 3.32. The molecule has 0 saturated carbocycles. The van der Waals surface area contributed by atoms with Gasteiger partial charge in [-0.15, -0.1) is 0 Å². The second kappa shape index (κ2) is 5.00. The van der Waals surface area contributed by atoms with Gasteiger partial charge in [0, 0.05) is 7.05 Å². The van der Waals surface area contributed by atoms with Crippen molar-refractivity contribution in [3.63, 3.8) is 0 Å². The molecule has 20 heavy (non-hydrogen) atoms. The predicted octanol–water partition coefficient (Wildman–Crippen LogP) is 3.23. The third kappa shape index (κ3) is 2.05. The van der Waals surface area contributed by atoms with Gasteiger partial charge in [-0.3, -0.25) is 4.79 Å². The normalized spacial score (nSPS) is 16.0. The third-order valence-electron chi connectivity index (χ3n) is 3.98. The van der Waals surface area contributed by atoms with Gasteiger partial charge in [-0.1, -0.05) is 42.5 Å². The maximum absolute atomic E-state index is 12.2. The Morgan fingerprint density at radius 2 is 1.55 bits per heavy atom. The molecule has 0 aromatic heterocycles. The molecule has 102 valence electrons. The highest BCUT2D eigenvalue weighted by molar-refractivity contribution is 6.02. The van der Waals surface area contributed by atoms with Crippen molar-refractivity contribution < 1.29 is 4.79 Å². The van der Waals surface area contributed by atoms with Crippen molar-refractivity contribution in [3.8, 4) is 0 Å². The average molecular weight is 266 g/mol. The first-order valence-electron chi connectivity index (χ1n) is 6.85. The van der Waals surface area contributed by atoms with Crippen LogP contribution in [0.4, 0.5) is 11.4 Å². The monoisotopic (exact) mass is 266 g/mol. The molecule has 0 aliphatic carbocycles. The Bertz CT molecular complexity index is 624. The van der Waals surface area contributed by atoms with Gasteiger partial charge in [-0.05, 0) is 24.6 Å². The Balaban J connectivity index is 2.02. The quantitative estimate of drug-likeness (QED) is 0.833. The van der Waals surface area contributed by atoms with E-state index in [0.717, 1.165) is 11.4 Å². The lowest BCUT2D eigenvalue weighted by Gasteiger charge is -2.39. The second-order valence-corrected chi connectivity index (χ2v) is 5.16. The number of amides is 1. The molecule has 3 nitrogen and oxygen atoms in total. The molecule has 0 spiro atoms. The molecule has 0 radical (unpaired) electrons. The predicted molar refractivity (Wildman–Crippen MR) is 82.1 cm³/mol. The molecule has 3 rings (SSSR count). The zero-order valence-electron chi connectivity index (χ0n) is 11.8. The summed E-state index contributed by atoms with van der Waals surface area (Å²) in [4.78, 5) is 16.1. The van der Waals surface area contributed by atoms with E-state index in [0.29, 0.717) is 6.54 Å². The SMILES string of the molecule is CC(c1ccccc1)N1CC(=O)N(C)c2ccccc21. The van der Waals surface area contributed by atoms with Gasteiger partial charge >= 0.3 is 0 Å². The highest BCUT2D eigenvalue weighted by Crippen LogP contribution is 2.37. The molecule has 1 aliphatic heterocycles. The highest BCUT2D eigenvalue weighted by atomic mass is 16.2. The van der Waals surface area contributed by atoms with Crippen molar-refractivity contribution in [2.45, 2.75) is 13.0 Å². The van der Waals surface area contributed by atoms with Gasteiger partial charge in [0.1, 0.15) is 0 Å². The zero-order valence-corrected chi connectivity index (χ0v) is 11.8. The van der Waals surface area contributed by atoms with E-state index in [9.17, 15) is 4.79 Å². The first-order valence-corrected chi connectivity index (χ1v) is 6.85. The van der Waals surface area contributed by atoms with Crippen LogP contribution in [0.3, 0.4) is 0 Å². The topological polar surface area (TPSA) is 23.6 Å². The summed E-state index contributed by atoms with van der Waals surface area (Å²) >= 11 is 0. The Kier molecular flexibility index (Phi) is 3.18. The van der Waals surface area contributed by atoms with E-state index < -0.39 is 0 Å². The summed E-state index contributed by atoms with van der Waals surface area (Å²) < 4.78 is 0. The summed E-state index contributed by atoms with van der Waals surface area (Å²) in [6.07, 6.45) is 0. The van der Waals surface area contributed by atoms with Crippen LogP contribution in [0.1, 0.15) is 18.5 Å². The van der Waals surface area contributed by atoms with Crippen LogP contribution in [0.15, 0.2) is 54.6 Å². The smallest absolute Gasteiger partial charge is 0.246 e. The van der Waals surface area contributed by atoms with Crippen LogP contribution in [0.5, 0.6) is 0 Å². The fraction of sp³-hybridized carbons (Fsp3) is 0.235. The summed E-state index contributed by atoms with van der Waals surface area (Å²) in [7, 11) is 1.84. The molecule has 2 aromatic rings. The molecule has 1 heterocycles. The van der Waals surface area contributed by atoms with E-state index in [1.165, 1.54) is 5.56 Å². The number of para-hydroxylation sites is 2. The molecular formula is C17H18N2O. The van der Waals surface area contributed by atoms with Crippen LogP contribution in [0, 0.1) is 0 Å². The maximum atomic E-state index is 12.2. The third-order valence-corrected chi connectivity index (χ3v) is 3.98. The summed E-state index contributed by atoms with van der Waals surface area (Å²) in [6.45, 7) is 2.56. The molecule has 1 aliphatic rings. The molecule has 0 fully saturated rings. The van der Waals surface area contributed by atoms with Crippen LogP contribution in [0.2, 0.25) is 0 Å². The standard InChI is InChI=1S/C17H18N2O/c1-13(14-8-4-3-5-9-14)19-12-17(20)18(2)15-10-6-7-11-16(15)19/h3-11,13H,12H2,1-2H3. The number of likely N-dealkylation sites (N-methyl/N-ethyl adjacent to an activating group) is 1. The summed E-state index contributed by atoms with van der Waals surface area (Å²) in [5, 5.41) is 0. The van der Waals surface area contributed by atoms with E-state index in [2.05, 4.69) is 30.0 Å². The number of carbonyl (C=O) groups excluding carboxylic acids is 1. The molecule has 1 unspecified atom stereocenters. The highest BCUT2D eigenvalue weighted by Gasteiger charge is 2.29. The van der Waals surface area contributed by atoms with Crippen molar-refractivity contribution in [2.75, 3.05) is 23.4 Å². The van der Waals surface area contributed by atoms with E-state index >= 15 is 0 Å². The van der Waals surface area contributed by atoms with Crippen molar-refractivity contribution in [3.05, 3.63) is 60.2 Å². The summed E-state index contributed by atoms with van der Waals surface area (Å²) in [5.74, 6) is 0.131. The van der Waals surface area contributed by atoms with Gasteiger partial charge in [-0.25, -0.2) is 0 Å². The molecule has 3 heteroatoms. The van der Waals surface area contributed by atoms with E-state index in [1.54, 1.807) is 4.90 Å². The van der Waals surface area contributed by atoms with Crippen LogP contribution in [-0.2, 0) is 4.79 Å². The minimum absolute atomic E-state index is 0.131. The van der Waals surface area contributed by atoms with E-state index in [-0.39, 0.29) is 11.9 Å². The van der Waals surface area contributed by atoms with Crippen LogP contribution in [-0.4, -0.2) is 19.5 Å². The number of carbonyl (C=O) groups is 1. The van der Waals surface area contributed by atoms with Crippen LogP contribution < -0.4 is 9.80 Å². The van der Waals surface area contributed by atoms with Gasteiger partial charge in [0.25, 0.3) is 0 Å². The number of hydrogen-bond acceptors (Lipinski definition) is 2. The number of fused-ring (bicyclic) bond motifs is 1. The van der Waals surface area contributed by atoms with Crippen molar-refractivity contribution >= 4 is 17.3 Å². The number of rotatable bonds is 2. The van der Waals surface area contributed by atoms with E-state index in [1.807, 2.05) is 43.4 Å². The summed E-state index contributed by atoms with van der Waals surface area (Å²) in [6, 6.07) is 18.5.